The van der Waals surface area contributed by atoms with Crippen LogP contribution in [-0.4, -0.2) is 49.1 Å². The molecule has 5 heteroatoms. The maximum atomic E-state index is 3.93. The number of fused-ring (bicyclic) bond motifs is 1. The summed E-state index contributed by atoms with van der Waals surface area (Å²) in [4.78, 5) is 7.79. The number of rotatable bonds is 0. The summed E-state index contributed by atoms with van der Waals surface area (Å²) in [5.41, 5.74) is 0. The molecule has 0 atom stereocenters. The zero-order valence-electron chi connectivity index (χ0n) is 5.60. The third-order valence-corrected chi connectivity index (χ3v) is 1.06. The Morgan fingerprint density at radius 2 is 2.20 bits per heavy atom. The van der Waals surface area contributed by atoms with Gasteiger partial charge in [-0.05, 0) is 6.07 Å². The smallest absolute Gasteiger partial charge is 0.220 e. The van der Waals surface area contributed by atoms with E-state index in [4.69, 9.17) is 0 Å². The molecule has 0 fully saturated rings. The standard InChI is InChI=1S/C5H4N4.Na/c1-2-6-5-7-4-8-9(5)3-1;/h1-4H;. The van der Waals surface area contributed by atoms with Crippen molar-refractivity contribution in [1.82, 2.24) is 19.6 Å². The van der Waals surface area contributed by atoms with E-state index >= 15 is 0 Å². The summed E-state index contributed by atoms with van der Waals surface area (Å²) < 4.78 is 1.61. The van der Waals surface area contributed by atoms with Crippen molar-refractivity contribution in [3.8, 4) is 0 Å². The average Bonchev–Trinajstić information content (AvgIpc) is 2.33. The summed E-state index contributed by atoms with van der Waals surface area (Å²) in [5.74, 6) is 0.637. The maximum absolute atomic E-state index is 3.93. The second-order valence-corrected chi connectivity index (χ2v) is 1.62. The van der Waals surface area contributed by atoms with Gasteiger partial charge >= 0.3 is 0 Å². The molecular formula is C5H4N4Na. The molecule has 0 saturated carbocycles. The quantitative estimate of drug-likeness (QED) is 0.477. The molecule has 0 saturated heterocycles. The molecule has 0 spiro atoms. The molecule has 2 rings (SSSR count). The summed E-state index contributed by atoms with van der Waals surface area (Å²) in [6, 6.07) is 1.81. The van der Waals surface area contributed by atoms with Crippen LogP contribution in [0.15, 0.2) is 24.8 Å². The Kier molecular flexibility index (Phi) is 2.37. The van der Waals surface area contributed by atoms with E-state index in [-0.39, 0.29) is 29.6 Å². The zero-order chi connectivity index (χ0) is 6.10. The van der Waals surface area contributed by atoms with E-state index in [1.54, 1.807) is 16.9 Å². The van der Waals surface area contributed by atoms with Gasteiger partial charge in [0.15, 0.2) is 0 Å². The molecule has 0 bridgehead atoms. The summed E-state index contributed by atoms with van der Waals surface area (Å²) in [6.07, 6.45) is 4.96. The van der Waals surface area contributed by atoms with Gasteiger partial charge < -0.3 is 0 Å². The van der Waals surface area contributed by atoms with E-state index in [1.807, 2.05) is 6.07 Å². The van der Waals surface area contributed by atoms with Gasteiger partial charge in [0.1, 0.15) is 6.33 Å². The third kappa shape index (κ3) is 1.18. The van der Waals surface area contributed by atoms with Crippen LogP contribution >= 0.6 is 0 Å². The molecule has 2 heterocycles. The number of hydrogen-bond acceptors (Lipinski definition) is 3. The van der Waals surface area contributed by atoms with Crippen LogP contribution < -0.4 is 0 Å². The molecule has 45 valence electrons. The Bertz CT molecular complexity index is 288. The molecule has 0 unspecified atom stereocenters. The fourth-order valence-electron chi connectivity index (χ4n) is 0.671. The molecule has 0 amide bonds. The summed E-state index contributed by atoms with van der Waals surface area (Å²) in [6.45, 7) is 0. The minimum Gasteiger partial charge on any atom is -0.220 e. The molecule has 2 aromatic rings. The predicted molar refractivity (Wildman–Crippen MR) is 36.5 cm³/mol. The van der Waals surface area contributed by atoms with Crippen molar-refractivity contribution in [3.63, 3.8) is 0 Å². The van der Waals surface area contributed by atoms with E-state index < -0.39 is 0 Å². The minimum atomic E-state index is 0. The second-order valence-electron chi connectivity index (χ2n) is 1.62. The van der Waals surface area contributed by atoms with Gasteiger partial charge in [-0.25, -0.2) is 9.50 Å². The van der Waals surface area contributed by atoms with Gasteiger partial charge in [-0.2, -0.15) is 10.1 Å². The van der Waals surface area contributed by atoms with E-state index in [0.29, 0.717) is 5.78 Å². The predicted octanol–water partition coefficient (Wildman–Crippen LogP) is -0.257. The largest absolute Gasteiger partial charge is 0.252 e. The first-order valence-corrected chi connectivity index (χ1v) is 2.57. The van der Waals surface area contributed by atoms with Gasteiger partial charge in [0, 0.05) is 42.0 Å². The van der Waals surface area contributed by atoms with Crippen molar-refractivity contribution in [2.75, 3.05) is 0 Å². The summed E-state index contributed by atoms with van der Waals surface area (Å²) in [7, 11) is 0. The summed E-state index contributed by atoms with van der Waals surface area (Å²) in [5, 5.41) is 3.86. The SMILES string of the molecule is [Na].c1cnc2ncnn2c1. The summed E-state index contributed by atoms with van der Waals surface area (Å²) >= 11 is 0. The van der Waals surface area contributed by atoms with Crippen LogP contribution in [0.2, 0.25) is 0 Å². The van der Waals surface area contributed by atoms with Crippen molar-refractivity contribution in [3.05, 3.63) is 24.8 Å². The second kappa shape index (κ2) is 3.09. The fourth-order valence-corrected chi connectivity index (χ4v) is 0.671. The van der Waals surface area contributed by atoms with Crippen LogP contribution in [0.5, 0.6) is 0 Å². The molecular weight excluding hydrogens is 139 g/mol. The first-order chi connectivity index (χ1) is 4.47. The van der Waals surface area contributed by atoms with E-state index in [0.717, 1.165) is 0 Å². The first kappa shape index (κ1) is 7.65. The molecule has 0 N–H and O–H groups in total. The topological polar surface area (TPSA) is 43.1 Å². The van der Waals surface area contributed by atoms with Crippen molar-refractivity contribution >= 4 is 35.3 Å². The Balaban J connectivity index is 0.000000500. The first-order valence-electron chi connectivity index (χ1n) is 2.57. The molecule has 2 aromatic heterocycles. The average molecular weight is 143 g/mol. The van der Waals surface area contributed by atoms with E-state index in [2.05, 4.69) is 15.1 Å². The Labute approximate surface area is 79.6 Å². The van der Waals surface area contributed by atoms with E-state index in [1.165, 1.54) is 6.33 Å². The van der Waals surface area contributed by atoms with E-state index in [9.17, 15) is 0 Å². The van der Waals surface area contributed by atoms with Gasteiger partial charge in [-0.3, -0.25) is 0 Å². The van der Waals surface area contributed by atoms with Gasteiger partial charge in [-0.1, -0.05) is 0 Å². The van der Waals surface area contributed by atoms with Crippen LogP contribution in [0.1, 0.15) is 0 Å². The van der Waals surface area contributed by atoms with Crippen LogP contribution in [0.3, 0.4) is 0 Å². The third-order valence-electron chi connectivity index (χ3n) is 1.06. The van der Waals surface area contributed by atoms with Gasteiger partial charge in [-0.15, -0.1) is 0 Å². The minimum absolute atomic E-state index is 0. The number of hydrogen-bond donors (Lipinski definition) is 0. The Morgan fingerprint density at radius 1 is 1.30 bits per heavy atom. The molecule has 4 nitrogen and oxygen atoms in total. The molecule has 0 aliphatic rings. The van der Waals surface area contributed by atoms with Crippen LogP contribution in [0, 0.1) is 0 Å². The number of nitrogens with zero attached hydrogens (tertiary/aromatic N) is 4. The van der Waals surface area contributed by atoms with Crippen molar-refractivity contribution in [2.45, 2.75) is 0 Å². The monoisotopic (exact) mass is 143 g/mol. The van der Waals surface area contributed by atoms with Gasteiger partial charge in [0.2, 0.25) is 0 Å². The zero-order valence-corrected chi connectivity index (χ0v) is 7.60. The van der Waals surface area contributed by atoms with Crippen molar-refractivity contribution in [2.24, 2.45) is 0 Å². The normalized spacial score (nSPS) is 9.20. The van der Waals surface area contributed by atoms with Gasteiger partial charge in [0.25, 0.3) is 5.78 Å². The Morgan fingerprint density at radius 3 is 3.00 bits per heavy atom. The molecule has 1 radical (unpaired) electrons. The van der Waals surface area contributed by atoms with Crippen molar-refractivity contribution < 1.29 is 0 Å². The van der Waals surface area contributed by atoms with Crippen LogP contribution in [0.25, 0.3) is 5.78 Å². The van der Waals surface area contributed by atoms with Crippen molar-refractivity contribution in [1.29, 1.82) is 0 Å². The van der Waals surface area contributed by atoms with Crippen LogP contribution in [0.4, 0.5) is 0 Å². The molecule has 0 aromatic carbocycles. The maximum Gasteiger partial charge on any atom is 0.252 e. The van der Waals surface area contributed by atoms with Gasteiger partial charge in [0.05, 0.1) is 0 Å². The van der Waals surface area contributed by atoms with Crippen LogP contribution in [-0.2, 0) is 0 Å². The fraction of sp³-hybridized carbons (Fsp3) is 0. The number of aromatic nitrogens is 4. The molecule has 0 aliphatic carbocycles. The Hall–Kier alpha value is -0.450. The molecule has 10 heavy (non-hydrogen) atoms. The molecule has 0 aliphatic heterocycles.